The van der Waals surface area contributed by atoms with E-state index in [1.807, 2.05) is 17.0 Å². The van der Waals surface area contributed by atoms with Gasteiger partial charge in [0.15, 0.2) is 4.67 Å². The summed E-state index contributed by atoms with van der Waals surface area (Å²) in [4.78, 5) is 12.6. The van der Waals surface area contributed by atoms with Crippen molar-refractivity contribution in [2.45, 2.75) is 6.54 Å². The Morgan fingerprint density at radius 2 is 2.36 bits per heavy atom. The summed E-state index contributed by atoms with van der Waals surface area (Å²) in [6.07, 6.45) is 0. The van der Waals surface area contributed by atoms with Crippen molar-refractivity contribution in [3.63, 3.8) is 0 Å². The molecule has 1 aromatic heterocycles. The summed E-state index contributed by atoms with van der Waals surface area (Å²) in [5.74, 6) is -0.0454. The quantitative estimate of drug-likeness (QED) is 0.896. The molecule has 14 heavy (non-hydrogen) atoms. The molecule has 0 unspecified atom stereocenters. The van der Waals surface area contributed by atoms with E-state index in [1.54, 1.807) is 0 Å². The summed E-state index contributed by atoms with van der Waals surface area (Å²) in [6, 6.07) is 3.72. The first-order valence-corrected chi connectivity index (χ1v) is 5.14. The molecule has 0 atom stereocenters. The van der Waals surface area contributed by atoms with Gasteiger partial charge in [0, 0.05) is 13.1 Å². The lowest BCUT2D eigenvalue weighted by Gasteiger charge is -2.35. The van der Waals surface area contributed by atoms with Crippen molar-refractivity contribution in [1.29, 1.82) is 0 Å². The lowest BCUT2D eigenvalue weighted by molar-refractivity contribution is -0.147. The lowest BCUT2D eigenvalue weighted by Crippen LogP contribution is -2.49. The number of carbonyl (C=O) groups is 1. The summed E-state index contributed by atoms with van der Waals surface area (Å²) in [5, 5.41) is 8.66. The molecule has 0 spiro atoms. The van der Waals surface area contributed by atoms with E-state index < -0.39 is 5.97 Å². The molecule has 1 aromatic rings. The van der Waals surface area contributed by atoms with Crippen molar-refractivity contribution in [2.75, 3.05) is 13.1 Å². The normalized spacial score (nSPS) is 18.1. The third-order valence-electron chi connectivity index (χ3n) is 2.31. The van der Waals surface area contributed by atoms with Crippen LogP contribution < -0.4 is 0 Å². The molecule has 4 nitrogen and oxygen atoms in total. The molecule has 1 N–H and O–H groups in total. The topological polar surface area (TPSA) is 53.7 Å². The minimum Gasteiger partial charge on any atom is -0.481 e. The Morgan fingerprint density at radius 1 is 1.64 bits per heavy atom. The fourth-order valence-electron chi connectivity index (χ4n) is 1.51. The zero-order chi connectivity index (χ0) is 10.1. The van der Waals surface area contributed by atoms with Crippen LogP contribution in [0.2, 0.25) is 0 Å². The second-order valence-electron chi connectivity index (χ2n) is 3.44. The minimum absolute atomic E-state index is 0.201. The fraction of sp³-hybridized carbons (Fsp3) is 0.444. The molecule has 0 radical (unpaired) electrons. The standard InChI is InChI=1S/C9H10BrNO3/c10-8-2-1-7(14-8)5-11-3-6(4-11)9(12)13/h1-2,6H,3-5H2,(H,12,13). The van der Waals surface area contributed by atoms with Crippen LogP contribution in [0.25, 0.3) is 0 Å². The Balaban J connectivity index is 1.82. The molecule has 2 rings (SSSR count). The zero-order valence-electron chi connectivity index (χ0n) is 7.44. The first-order chi connectivity index (χ1) is 6.65. The van der Waals surface area contributed by atoms with Gasteiger partial charge >= 0.3 is 5.97 Å². The Kier molecular flexibility index (Phi) is 2.60. The fourth-order valence-corrected chi connectivity index (χ4v) is 1.85. The maximum absolute atomic E-state index is 10.5. The smallest absolute Gasteiger partial charge is 0.309 e. The maximum atomic E-state index is 10.5. The van der Waals surface area contributed by atoms with Crippen molar-refractivity contribution >= 4 is 21.9 Å². The van der Waals surface area contributed by atoms with Crippen LogP contribution in [0.4, 0.5) is 0 Å². The Hall–Kier alpha value is -0.810. The molecule has 2 heterocycles. The van der Waals surface area contributed by atoms with E-state index in [0.29, 0.717) is 24.3 Å². The van der Waals surface area contributed by atoms with Crippen LogP contribution in [-0.4, -0.2) is 29.1 Å². The van der Waals surface area contributed by atoms with Gasteiger partial charge in [-0.25, -0.2) is 0 Å². The number of halogens is 1. The van der Waals surface area contributed by atoms with Gasteiger partial charge in [0.05, 0.1) is 12.5 Å². The summed E-state index contributed by atoms with van der Waals surface area (Å²) in [5.41, 5.74) is 0. The Morgan fingerprint density at radius 3 is 2.86 bits per heavy atom. The van der Waals surface area contributed by atoms with E-state index in [4.69, 9.17) is 9.52 Å². The van der Waals surface area contributed by atoms with Crippen LogP contribution in [0.5, 0.6) is 0 Å². The van der Waals surface area contributed by atoms with Crippen molar-refractivity contribution in [1.82, 2.24) is 4.90 Å². The SMILES string of the molecule is O=C(O)C1CN(Cc2ccc(Br)o2)C1. The highest BCUT2D eigenvalue weighted by Gasteiger charge is 2.32. The molecule has 1 aliphatic heterocycles. The number of carboxylic acid groups (broad SMARTS) is 1. The van der Waals surface area contributed by atoms with Crippen LogP contribution in [0.3, 0.4) is 0 Å². The third-order valence-corrected chi connectivity index (χ3v) is 2.74. The molecule has 0 aliphatic carbocycles. The summed E-state index contributed by atoms with van der Waals surface area (Å²) in [6.45, 7) is 1.93. The minimum atomic E-state index is -0.707. The second kappa shape index (κ2) is 3.74. The molecule has 76 valence electrons. The predicted molar refractivity (Wildman–Crippen MR) is 52.8 cm³/mol. The van der Waals surface area contributed by atoms with E-state index >= 15 is 0 Å². The van der Waals surface area contributed by atoms with Crippen LogP contribution in [0.15, 0.2) is 21.2 Å². The van der Waals surface area contributed by atoms with Gasteiger partial charge in [-0.2, -0.15) is 0 Å². The highest BCUT2D eigenvalue weighted by atomic mass is 79.9. The zero-order valence-corrected chi connectivity index (χ0v) is 9.03. The molecule has 5 heteroatoms. The van der Waals surface area contributed by atoms with Gasteiger partial charge in [0.25, 0.3) is 0 Å². The Bertz CT molecular complexity index is 344. The molecular weight excluding hydrogens is 250 g/mol. The second-order valence-corrected chi connectivity index (χ2v) is 4.22. The molecule has 1 fully saturated rings. The predicted octanol–water partition coefficient (Wildman–Crippen LogP) is 1.56. The molecule has 0 aromatic carbocycles. The van der Waals surface area contributed by atoms with Crippen molar-refractivity contribution in [2.24, 2.45) is 5.92 Å². The van der Waals surface area contributed by atoms with Gasteiger partial charge in [-0.05, 0) is 28.1 Å². The lowest BCUT2D eigenvalue weighted by atomic mass is 10.0. The average Bonchev–Trinajstić information content (AvgIpc) is 2.42. The third kappa shape index (κ3) is 1.99. The van der Waals surface area contributed by atoms with Crippen molar-refractivity contribution in [3.05, 3.63) is 22.6 Å². The van der Waals surface area contributed by atoms with Crippen molar-refractivity contribution in [3.8, 4) is 0 Å². The summed E-state index contributed by atoms with van der Waals surface area (Å²) >= 11 is 3.22. The highest BCUT2D eigenvalue weighted by Crippen LogP contribution is 2.21. The van der Waals surface area contributed by atoms with E-state index in [9.17, 15) is 4.79 Å². The van der Waals surface area contributed by atoms with Crippen LogP contribution in [0, 0.1) is 5.92 Å². The number of hydrogen-bond donors (Lipinski definition) is 1. The van der Waals surface area contributed by atoms with Gasteiger partial charge in [-0.3, -0.25) is 9.69 Å². The average molecular weight is 260 g/mol. The number of aliphatic carboxylic acids is 1. The number of carboxylic acids is 1. The number of likely N-dealkylation sites (tertiary alicyclic amines) is 1. The Labute approximate surface area is 89.6 Å². The largest absolute Gasteiger partial charge is 0.481 e. The number of rotatable bonds is 3. The van der Waals surface area contributed by atoms with Crippen LogP contribution in [-0.2, 0) is 11.3 Å². The maximum Gasteiger partial charge on any atom is 0.309 e. The summed E-state index contributed by atoms with van der Waals surface area (Å²) < 4.78 is 6.02. The van der Waals surface area contributed by atoms with Crippen LogP contribution >= 0.6 is 15.9 Å². The molecular formula is C9H10BrNO3. The van der Waals surface area contributed by atoms with E-state index in [-0.39, 0.29) is 5.92 Å². The van der Waals surface area contributed by atoms with Gasteiger partial charge in [-0.1, -0.05) is 0 Å². The number of nitrogens with zero attached hydrogens (tertiary/aromatic N) is 1. The van der Waals surface area contributed by atoms with Crippen molar-refractivity contribution < 1.29 is 14.3 Å². The van der Waals surface area contributed by atoms with E-state index in [0.717, 1.165) is 5.76 Å². The molecule has 0 bridgehead atoms. The first kappa shape index (κ1) is 9.73. The number of hydrogen-bond acceptors (Lipinski definition) is 3. The van der Waals surface area contributed by atoms with Gasteiger partial charge in [-0.15, -0.1) is 0 Å². The van der Waals surface area contributed by atoms with E-state index in [1.165, 1.54) is 0 Å². The van der Waals surface area contributed by atoms with E-state index in [2.05, 4.69) is 15.9 Å². The van der Waals surface area contributed by atoms with Gasteiger partial charge in [0.2, 0.25) is 0 Å². The molecule has 1 saturated heterocycles. The number of furan rings is 1. The van der Waals surface area contributed by atoms with Crippen LogP contribution in [0.1, 0.15) is 5.76 Å². The van der Waals surface area contributed by atoms with Gasteiger partial charge in [0.1, 0.15) is 5.76 Å². The monoisotopic (exact) mass is 259 g/mol. The highest BCUT2D eigenvalue weighted by molar-refractivity contribution is 9.10. The molecule has 0 saturated carbocycles. The van der Waals surface area contributed by atoms with Gasteiger partial charge < -0.3 is 9.52 Å². The summed E-state index contributed by atoms with van der Waals surface area (Å²) in [7, 11) is 0. The molecule has 1 aliphatic rings. The molecule has 0 amide bonds. The first-order valence-electron chi connectivity index (χ1n) is 4.34.